The van der Waals surface area contributed by atoms with Gasteiger partial charge >= 0.3 is 0 Å². The Morgan fingerprint density at radius 3 is 2.77 bits per heavy atom. The van der Waals surface area contributed by atoms with Crippen molar-refractivity contribution in [3.8, 4) is 5.75 Å². The largest absolute Gasteiger partial charge is 0.491 e. The van der Waals surface area contributed by atoms with Crippen LogP contribution in [0.3, 0.4) is 0 Å². The van der Waals surface area contributed by atoms with Crippen LogP contribution >= 0.6 is 0 Å². The maximum Gasteiger partial charge on any atom is 0.274 e. The molecule has 2 atom stereocenters. The maximum atomic E-state index is 11.5. The predicted molar refractivity (Wildman–Crippen MR) is 77.4 cm³/mol. The van der Waals surface area contributed by atoms with E-state index >= 15 is 0 Å². The summed E-state index contributed by atoms with van der Waals surface area (Å²) in [5.74, 6) is -0.836. The zero-order valence-electron chi connectivity index (χ0n) is 11.8. The first kappa shape index (κ1) is 15.3. The summed E-state index contributed by atoms with van der Waals surface area (Å²) in [5.41, 5.74) is 2.18. The third kappa shape index (κ3) is 4.19. The number of carbonyl (C=O) groups excluding carboxylic acids is 1. The lowest BCUT2D eigenvalue weighted by molar-refractivity contribution is -0.119. The first-order chi connectivity index (χ1) is 10.4. The molecule has 0 bridgehead atoms. The number of carbonyl (C=O) groups is 1. The van der Waals surface area contributed by atoms with Crippen LogP contribution in [-0.2, 0) is 32.5 Å². The molecule has 1 amide bonds. The third-order valence-corrected chi connectivity index (χ3v) is 4.25. The molecule has 1 heterocycles. The lowest BCUT2D eigenvalue weighted by Crippen LogP contribution is -2.38. The zero-order chi connectivity index (χ0) is 15.7. The molecule has 0 spiro atoms. The lowest BCUT2D eigenvalue weighted by atomic mass is 10.1. The predicted octanol–water partition coefficient (Wildman–Crippen LogP) is -0.0646. The van der Waals surface area contributed by atoms with Crippen LogP contribution in [0.2, 0.25) is 0 Å². The molecule has 0 radical (unpaired) electrons. The van der Waals surface area contributed by atoms with Gasteiger partial charge in [0, 0.05) is 6.04 Å². The molecule has 1 aromatic carbocycles. The Morgan fingerprint density at radius 1 is 1.36 bits per heavy atom. The Hall–Kier alpha value is -1.64. The first-order valence-corrected chi connectivity index (χ1v) is 8.61. The molecule has 8 heteroatoms. The highest BCUT2D eigenvalue weighted by molar-refractivity contribution is 7.86. The summed E-state index contributed by atoms with van der Waals surface area (Å²) in [6.45, 7) is 1.28. The SMILES string of the molecule is O=C(CS(=O)(=O)O)NC1Cc2ccc(OCC3CO3)cc2C1. The molecule has 1 aliphatic heterocycles. The molecule has 120 valence electrons. The molecule has 1 fully saturated rings. The van der Waals surface area contributed by atoms with Crippen LogP contribution < -0.4 is 10.1 Å². The van der Waals surface area contributed by atoms with Crippen LogP contribution in [0.5, 0.6) is 5.75 Å². The summed E-state index contributed by atoms with van der Waals surface area (Å²) in [7, 11) is -4.29. The van der Waals surface area contributed by atoms with Crippen molar-refractivity contribution in [1.29, 1.82) is 0 Å². The fourth-order valence-electron chi connectivity index (χ4n) is 2.57. The average molecular weight is 327 g/mol. The van der Waals surface area contributed by atoms with Gasteiger partial charge in [0.25, 0.3) is 10.1 Å². The lowest BCUT2D eigenvalue weighted by Gasteiger charge is -2.10. The molecule has 2 unspecified atom stereocenters. The Balaban J connectivity index is 1.56. The van der Waals surface area contributed by atoms with Crippen molar-refractivity contribution in [3.63, 3.8) is 0 Å². The fourth-order valence-corrected chi connectivity index (χ4v) is 2.99. The van der Waals surface area contributed by atoms with Gasteiger partial charge in [0.15, 0.2) is 5.75 Å². The molecule has 2 aliphatic rings. The van der Waals surface area contributed by atoms with Crippen molar-refractivity contribution < 1.29 is 27.2 Å². The standard InChI is InChI=1S/C14H17NO6S/c16-14(8-22(17,18)19)15-11-3-9-1-2-12(5-10(9)4-11)20-6-13-7-21-13/h1-2,5,11,13H,3-4,6-8H2,(H,15,16)(H,17,18,19). The number of nitrogens with one attached hydrogen (secondary N) is 1. The molecule has 0 saturated carbocycles. The van der Waals surface area contributed by atoms with Gasteiger partial charge in [0.05, 0.1) is 6.61 Å². The molecule has 1 aliphatic carbocycles. The second-order valence-corrected chi connectivity index (χ2v) is 7.05. The van der Waals surface area contributed by atoms with Gasteiger partial charge in [-0.15, -0.1) is 0 Å². The number of epoxide rings is 1. The number of hydrogen-bond acceptors (Lipinski definition) is 5. The molecule has 7 nitrogen and oxygen atoms in total. The van der Waals surface area contributed by atoms with Gasteiger partial charge < -0.3 is 14.8 Å². The number of hydrogen-bond donors (Lipinski definition) is 2. The Morgan fingerprint density at radius 2 is 2.09 bits per heavy atom. The van der Waals surface area contributed by atoms with E-state index < -0.39 is 21.8 Å². The molecule has 0 aromatic heterocycles. The van der Waals surface area contributed by atoms with Gasteiger partial charge in [0.1, 0.15) is 18.5 Å². The molecular weight excluding hydrogens is 310 g/mol. The minimum atomic E-state index is -4.29. The summed E-state index contributed by atoms with van der Waals surface area (Å²) >= 11 is 0. The van der Waals surface area contributed by atoms with E-state index in [1.54, 1.807) is 0 Å². The highest BCUT2D eigenvalue weighted by atomic mass is 32.2. The van der Waals surface area contributed by atoms with Gasteiger partial charge in [0.2, 0.25) is 5.91 Å². The highest BCUT2D eigenvalue weighted by Crippen LogP contribution is 2.27. The van der Waals surface area contributed by atoms with Gasteiger partial charge in [-0.1, -0.05) is 6.07 Å². The highest BCUT2D eigenvalue weighted by Gasteiger charge is 2.26. The van der Waals surface area contributed by atoms with Crippen molar-refractivity contribution in [2.75, 3.05) is 19.0 Å². The second-order valence-electron chi connectivity index (χ2n) is 5.60. The zero-order valence-corrected chi connectivity index (χ0v) is 12.6. The summed E-state index contributed by atoms with van der Waals surface area (Å²) < 4.78 is 40.7. The summed E-state index contributed by atoms with van der Waals surface area (Å²) in [6, 6.07) is 5.61. The number of rotatable bonds is 6. The number of amides is 1. The monoisotopic (exact) mass is 327 g/mol. The number of benzene rings is 1. The third-order valence-electron chi connectivity index (χ3n) is 3.63. The minimum absolute atomic E-state index is 0.161. The van der Waals surface area contributed by atoms with Crippen molar-refractivity contribution in [3.05, 3.63) is 29.3 Å². The van der Waals surface area contributed by atoms with Gasteiger partial charge in [-0.25, -0.2) is 0 Å². The van der Waals surface area contributed by atoms with E-state index in [4.69, 9.17) is 14.0 Å². The van der Waals surface area contributed by atoms with Crippen LogP contribution in [0.25, 0.3) is 0 Å². The van der Waals surface area contributed by atoms with Crippen LogP contribution in [0, 0.1) is 0 Å². The van der Waals surface area contributed by atoms with Gasteiger partial charge in [-0.2, -0.15) is 8.42 Å². The van der Waals surface area contributed by atoms with E-state index in [-0.39, 0.29) is 12.1 Å². The van der Waals surface area contributed by atoms with Crippen molar-refractivity contribution in [1.82, 2.24) is 5.32 Å². The maximum absolute atomic E-state index is 11.5. The minimum Gasteiger partial charge on any atom is -0.491 e. The second kappa shape index (κ2) is 5.86. The fraction of sp³-hybridized carbons (Fsp3) is 0.500. The normalized spacial score (nSPS) is 23.0. The summed E-state index contributed by atoms with van der Waals surface area (Å²) in [5, 5.41) is 2.62. The Kier molecular flexibility index (Phi) is 4.07. The van der Waals surface area contributed by atoms with Crippen LogP contribution in [-0.4, -0.2) is 50.0 Å². The van der Waals surface area contributed by atoms with E-state index in [2.05, 4.69) is 5.32 Å². The molecule has 2 N–H and O–H groups in total. The van der Waals surface area contributed by atoms with Crippen molar-refractivity contribution in [2.24, 2.45) is 0 Å². The van der Waals surface area contributed by atoms with Crippen LogP contribution in [0.4, 0.5) is 0 Å². The molecule has 1 aromatic rings. The quantitative estimate of drug-likeness (QED) is 0.560. The van der Waals surface area contributed by atoms with Crippen molar-refractivity contribution >= 4 is 16.0 Å². The number of ether oxygens (including phenoxy) is 2. The summed E-state index contributed by atoms with van der Waals surface area (Å²) in [6.07, 6.45) is 1.45. The topological polar surface area (TPSA) is 105 Å². The average Bonchev–Trinajstić information content (AvgIpc) is 3.13. The van der Waals surface area contributed by atoms with Crippen LogP contribution in [0.1, 0.15) is 11.1 Å². The molecular formula is C14H17NO6S. The first-order valence-electron chi connectivity index (χ1n) is 7.00. The van der Waals surface area contributed by atoms with Gasteiger partial charge in [-0.05, 0) is 36.1 Å². The van der Waals surface area contributed by atoms with E-state index in [0.29, 0.717) is 19.4 Å². The Bertz CT molecular complexity index is 683. The van der Waals surface area contributed by atoms with E-state index in [0.717, 1.165) is 23.5 Å². The van der Waals surface area contributed by atoms with E-state index in [1.165, 1.54) is 0 Å². The molecule has 3 rings (SSSR count). The molecule has 1 saturated heterocycles. The smallest absolute Gasteiger partial charge is 0.274 e. The Labute approximate surface area is 128 Å². The van der Waals surface area contributed by atoms with Crippen LogP contribution in [0.15, 0.2) is 18.2 Å². The van der Waals surface area contributed by atoms with Crippen molar-refractivity contribution in [2.45, 2.75) is 25.0 Å². The van der Waals surface area contributed by atoms with E-state index in [9.17, 15) is 13.2 Å². The van der Waals surface area contributed by atoms with Gasteiger partial charge in [-0.3, -0.25) is 9.35 Å². The van der Waals surface area contributed by atoms with E-state index in [1.807, 2.05) is 18.2 Å². The summed E-state index contributed by atoms with van der Waals surface area (Å²) in [4.78, 5) is 11.5. The number of fused-ring (bicyclic) bond motifs is 1. The molecule has 22 heavy (non-hydrogen) atoms.